The first-order chi connectivity index (χ1) is 58.1. The van der Waals surface area contributed by atoms with Crippen LogP contribution in [0, 0.1) is 51.9 Å². The van der Waals surface area contributed by atoms with Crippen molar-refractivity contribution >= 4 is 102 Å². The summed E-state index contributed by atoms with van der Waals surface area (Å²) in [4.78, 5) is 121. The van der Waals surface area contributed by atoms with Crippen molar-refractivity contribution in [1.82, 2.24) is 44.0 Å². The van der Waals surface area contributed by atoms with Crippen LogP contribution in [0.15, 0.2) is 194 Å². The number of aryl methyl sites for hydroxylation is 3. The van der Waals surface area contributed by atoms with E-state index in [1.165, 1.54) is 59.9 Å². The predicted molar refractivity (Wildman–Crippen MR) is 433 cm³/mol. The van der Waals surface area contributed by atoms with Gasteiger partial charge in [-0.2, -0.15) is 21.6 Å². The quantitative estimate of drug-likeness (QED) is 0.0260. The second-order valence-corrected chi connectivity index (χ2v) is 34.7. The molecular weight excluding hydrogens is 1860 g/mol. The number of carbonyl (C=O) groups is 7. The van der Waals surface area contributed by atoms with Crippen molar-refractivity contribution in [2.45, 2.75) is 161 Å². The largest absolute Gasteiger partial charge is 0.522 e. The average Bonchev–Trinajstić information content (AvgIpc) is 1.63. The Labute approximate surface area is 726 Å². The van der Waals surface area contributed by atoms with Crippen LogP contribution in [0.3, 0.4) is 0 Å². The molecule has 3 fully saturated rings. The summed E-state index contributed by atoms with van der Waals surface area (Å²) in [6.45, 7) is 15.9. The molecule has 0 spiro atoms. The fourth-order valence-corrected chi connectivity index (χ4v) is 15.2. The van der Waals surface area contributed by atoms with E-state index in [-0.39, 0.29) is 68.4 Å². The number of H-pyrrole nitrogens is 2. The van der Waals surface area contributed by atoms with Gasteiger partial charge in [0.25, 0.3) is 5.56 Å². The summed E-state index contributed by atoms with van der Waals surface area (Å²) in [6.07, 6.45) is 4.88. The molecule has 3 aliphatic heterocycles. The Balaban J connectivity index is 0.000000198. The zero-order valence-electron chi connectivity index (χ0n) is 68.9. The van der Waals surface area contributed by atoms with Gasteiger partial charge in [-0.25, -0.2) is 39.3 Å². The van der Waals surface area contributed by atoms with Crippen molar-refractivity contribution in [2.24, 2.45) is 0 Å². The number of ether oxygens (including phenoxy) is 12. The molecule has 2 radical (unpaired) electrons. The molecular formula is C83H89BF3N9O23SSiU. The second kappa shape index (κ2) is 44.4. The molecule has 0 aliphatic carbocycles. The van der Waals surface area contributed by atoms with E-state index in [0.717, 1.165) is 44.4 Å². The predicted octanol–water partition coefficient (Wildman–Crippen LogP) is 11.8. The number of rotatable bonds is 23. The average molecular weight is 1950 g/mol. The summed E-state index contributed by atoms with van der Waals surface area (Å²) in [6, 6.07) is 46.4. The molecule has 9 atom stereocenters. The molecule has 0 saturated carbocycles. The maximum Gasteiger partial charge on any atom is 0.522 e. The first-order valence-corrected chi connectivity index (χ1v) is 42.3. The van der Waals surface area contributed by atoms with Gasteiger partial charge < -0.3 is 70.7 Å². The summed E-state index contributed by atoms with van der Waals surface area (Å²) >= 11 is 0. The van der Waals surface area contributed by atoms with E-state index in [4.69, 9.17) is 58.2 Å². The molecule has 2 N–H and O–H groups in total. The minimum Gasteiger partial charge on any atom is -0.471 e. The Hall–Kier alpha value is -11.4. The minimum atomic E-state index is -5.39. The normalized spacial score (nSPS) is 18.4. The molecule has 3 aliphatic rings. The molecule has 0 amide bonds. The number of hydrogen-bond donors (Lipinski definition) is 2. The van der Waals surface area contributed by atoms with Crippen molar-refractivity contribution in [2.75, 3.05) is 19.8 Å². The standard InChI is InChI=1S/C28H27N3O6.C21H21N3O6.C17H20O7.C13H11N3O.C4H9F3O3SSi.BH.U/c1-18-8-10-21(11-9-18)28(33)35-16-22-14-24(36-19(2)32)27(37-22)31-17-30-25-23(31)12-13-29-26(25)34-15-20-6-4-3-5-7-20;1-12-3-5-14(6-4-12)21(27)28-10-15-9-17(29-13(2)25)20(30-15)24-11-23-18-16(24)7-8-22-19(18)26;1-10-4-6-13(7-5-10)16(20)21-9-14-8-15(22-11(2)18)17(24-14)23-12(3)19;1-2-4-10(5-3-1)8-17-13-12-11(6-7-14-13)15-9-16-12;1-12(2,3)10-11(8,9)4(5,6)7;;/h3-13,17,22,24,27H,14-16H2,1-2H3;3-8,11,15,17,20H,9-10H2,1-2H3,(H,22,26);4-7,14-15,17H,8-9H2,1-3H3;1-7,9H,8H2,(H,15,16);1-3H3;1H;/t22-,24?,27+;15-,17?,20+;14-,15?,17?;;;;/m000..../s1/i;;;;;1D;. The number of aromatic amines is 2. The number of halogens is 3. The third-order valence-electron chi connectivity index (χ3n) is 17.6. The van der Waals surface area contributed by atoms with Crippen LogP contribution in [-0.2, 0) is 93.8 Å². The minimum absolute atomic E-state index is 0. The van der Waals surface area contributed by atoms with Crippen LogP contribution >= 0.6 is 0 Å². The number of fused-ring (bicyclic) bond motifs is 3. The van der Waals surface area contributed by atoms with Gasteiger partial charge in [0.05, 0.1) is 70.5 Å². The Kier molecular flexibility index (Phi) is 34.4. The zero-order valence-corrected chi connectivity index (χ0v) is 73.9. The fourth-order valence-electron chi connectivity index (χ4n) is 12.2. The third-order valence-corrected chi connectivity index (χ3v) is 21.1. The van der Waals surface area contributed by atoms with Crippen LogP contribution in [-0.4, -0.2) is 180 Å². The first-order valence-electron chi connectivity index (χ1n) is 38.1. The number of imidazole rings is 3. The van der Waals surface area contributed by atoms with Gasteiger partial charge in [0.2, 0.25) is 26.4 Å². The Bertz CT molecular complexity index is 5500. The number of nitrogens with one attached hydrogen (secondary N) is 2. The van der Waals surface area contributed by atoms with Crippen molar-refractivity contribution in [1.29, 1.82) is 1.34 Å². The van der Waals surface area contributed by atoms with E-state index in [2.05, 4.69) is 47.1 Å². The summed E-state index contributed by atoms with van der Waals surface area (Å²) < 4.78 is 135. The molecule has 3 saturated heterocycles. The van der Waals surface area contributed by atoms with Crippen LogP contribution in [0.1, 0.15) is 118 Å². The number of aromatic nitrogens is 9. The van der Waals surface area contributed by atoms with Gasteiger partial charge in [-0.3, -0.25) is 33.1 Å². The number of benzene rings is 5. The van der Waals surface area contributed by atoms with Crippen molar-refractivity contribution in [3.8, 4) is 11.8 Å². The first kappa shape index (κ1) is 94.4. The number of alkyl halides is 3. The summed E-state index contributed by atoms with van der Waals surface area (Å²) in [5.74, 6) is -2.33. The summed E-state index contributed by atoms with van der Waals surface area (Å²) in [5, 5.41) is 0. The molecule has 122 heavy (non-hydrogen) atoms. The number of nitrogens with zero attached hydrogens (tertiary/aromatic N) is 7. The Morgan fingerprint density at radius 2 is 0.902 bits per heavy atom. The Morgan fingerprint density at radius 3 is 1.32 bits per heavy atom. The summed E-state index contributed by atoms with van der Waals surface area (Å²) in [7, 11) is -4.35. The SMILES string of the molecule is CC(=O)OC1C[C@@H](COC(=O)c2ccc(C)cc2)OC1OC(C)=O.CC(=O)OC1C[C@@H](COC(=O)c2ccc(C)cc2)O[C@H]1n1cnc2c(=O)[nH]ccc21.CC(=O)OC1C[C@@H](COC(=O)c2ccc(C)cc2)O[C@H]1n1cnc2c(OCc3ccccc3)nccc21.C[Si](C)(C)OS(=O)(=O)C(F)(F)F.[2H][B].[U].c1ccc(COc2nccc3[nH]cnc23)cc1. The van der Waals surface area contributed by atoms with E-state index in [1.807, 2.05) is 124 Å². The zero-order chi connectivity index (χ0) is 88.4. The number of hydrogen-bond acceptors (Lipinski definition) is 28. The molecule has 39 heteroatoms. The molecule has 6 aromatic heterocycles. The molecule has 0 bridgehead atoms. The van der Waals surface area contributed by atoms with E-state index in [0.29, 0.717) is 65.5 Å². The summed E-state index contributed by atoms with van der Waals surface area (Å²) in [5.41, 5.74) is 4.79. The van der Waals surface area contributed by atoms with Crippen LogP contribution < -0.4 is 15.0 Å². The van der Waals surface area contributed by atoms with Gasteiger partial charge in [-0.1, -0.05) is 114 Å². The van der Waals surface area contributed by atoms with E-state index in [1.54, 1.807) is 82.7 Å². The van der Waals surface area contributed by atoms with Gasteiger partial charge in [0.1, 0.15) is 45.2 Å². The maximum atomic E-state index is 12.5. The van der Waals surface area contributed by atoms with Gasteiger partial charge in [0.15, 0.2) is 35.1 Å². The monoisotopic (exact) mass is 1950 g/mol. The van der Waals surface area contributed by atoms with E-state index >= 15 is 0 Å². The number of pyridine rings is 3. The van der Waals surface area contributed by atoms with Gasteiger partial charge in [-0.15, -0.1) is 0 Å². The molecule has 5 aromatic carbocycles. The molecule has 642 valence electrons. The van der Waals surface area contributed by atoms with Gasteiger partial charge in [0, 0.05) is 105 Å². The number of carbonyl (C=O) groups excluding carboxylic acids is 7. The number of esters is 7. The Morgan fingerprint density at radius 1 is 0.508 bits per heavy atom. The van der Waals surface area contributed by atoms with Crippen molar-refractivity contribution in [3.63, 3.8) is 0 Å². The van der Waals surface area contributed by atoms with Gasteiger partial charge in [-0.05, 0) is 107 Å². The van der Waals surface area contributed by atoms with E-state index < -0.39 is 121 Å². The van der Waals surface area contributed by atoms with Crippen LogP contribution in [0.2, 0.25) is 19.6 Å². The van der Waals surface area contributed by atoms with Gasteiger partial charge >= 0.3 is 57.4 Å². The van der Waals surface area contributed by atoms with Crippen LogP contribution in [0.5, 0.6) is 11.8 Å². The second-order valence-electron chi connectivity index (χ2n) is 28.5. The van der Waals surface area contributed by atoms with Crippen molar-refractivity contribution in [3.05, 3.63) is 244 Å². The van der Waals surface area contributed by atoms with Crippen molar-refractivity contribution < 1.29 is 147 Å². The van der Waals surface area contributed by atoms with Crippen LogP contribution in [0.25, 0.3) is 33.1 Å². The topological polar surface area (TPSA) is 397 Å². The maximum absolute atomic E-state index is 12.5. The third kappa shape index (κ3) is 27.8. The molecule has 9 heterocycles. The molecule has 32 nitrogen and oxygen atoms in total. The molecule has 4 unspecified atom stereocenters. The van der Waals surface area contributed by atoms with Crippen LogP contribution in [0.4, 0.5) is 13.2 Å². The fraction of sp³-hybridized carbons (Fsp3) is 0.337. The smallest absolute Gasteiger partial charge is 0.471 e. The van der Waals surface area contributed by atoms with E-state index in [9.17, 15) is 59.9 Å². The molecule has 11 aromatic rings. The molecule has 14 rings (SSSR count).